The number of halogens is 1. The smallest absolute Gasteiger partial charge is 0.193 e. The maximum atomic E-state index is 9.23. The van der Waals surface area contributed by atoms with E-state index in [1.807, 2.05) is 0 Å². The summed E-state index contributed by atoms with van der Waals surface area (Å²) in [6.45, 7) is 12.5. The summed E-state index contributed by atoms with van der Waals surface area (Å²) in [5.41, 5.74) is 0. The molecule has 0 aromatic heterocycles. The van der Waals surface area contributed by atoms with Crippen LogP contribution >= 0.6 is 24.0 Å². The molecule has 2 rings (SSSR count). The van der Waals surface area contributed by atoms with Crippen LogP contribution in [0.25, 0.3) is 0 Å². The Kier molecular flexibility index (Phi) is 12.1. The third kappa shape index (κ3) is 7.99. The Balaban J connectivity index is 0.00000312. The summed E-state index contributed by atoms with van der Waals surface area (Å²) in [5, 5.41) is 12.7. The minimum absolute atomic E-state index is 0. The molecule has 0 aliphatic carbocycles. The van der Waals surface area contributed by atoms with Crippen molar-refractivity contribution in [2.75, 3.05) is 52.4 Å². The van der Waals surface area contributed by atoms with Crippen LogP contribution in [0.3, 0.4) is 0 Å². The van der Waals surface area contributed by atoms with E-state index in [1.54, 1.807) is 0 Å². The number of rotatable bonds is 9. The molecule has 0 aromatic rings. The van der Waals surface area contributed by atoms with Crippen molar-refractivity contribution in [2.45, 2.75) is 52.4 Å². The number of nitrogens with zero attached hydrogens (tertiary/aromatic N) is 3. The molecule has 2 N–H and O–H groups in total. The normalized spacial score (nSPS) is 22.9. The van der Waals surface area contributed by atoms with E-state index < -0.39 is 0 Å². The van der Waals surface area contributed by atoms with Gasteiger partial charge >= 0.3 is 0 Å². The number of aliphatic hydroxyl groups excluding tert-OH is 1. The van der Waals surface area contributed by atoms with E-state index in [4.69, 9.17) is 4.99 Å². The van der Waals surface area contributed by atoms with E-state index in [0.29, 0.717) is 5.92 Å². The Morgan fingerprint density at radius 2 is 1.96 bits per heavy atom. The van der Waals surface area contributed by atoms with Crippen LogP contribution < -0.4 is 5.32 Å². The molecular formula is C19H39IN4O. The number of hydrogen-bond donors (Lipinski definition) is 2. The van der Waals surface area contributed by atoms with Crippen LogP contribution in [-0.4, -0.2) is 73.3 Å². The van der Waals surface area contributed by atoms with E-state index >= 15 is 0 Å². The quantitative estimate of drug-likeness (QED) is 0.312. The molecule has 2 heterocycles. The van der Waals surface area contributed by atoms with Crippen LogP contribution in [0.2, 0.25) is 0 Å². The van der Waals surface area contributed by atoms with Crippen molar-refractivity contribution < 1.29 is 5.11 Å². The molecule has 0 radical (unpaired) electrons. The lowest BCUT2D eigenvalue weighted by Crippen LogP contribution is -2.41. The molecule has 2 atom stereocenters. The molecule has 2 unspecified atom stereocenters. The second-order valence-electron chi connectivity index (χ2n) is 7.47. The van der Waals surface area contributed by atoms with Gasteiger partial charge in [0.15, 0.2) is 5.96 Å². The van der Waals surface area contributed by atoms with Crippen LogP contribution in [-0.2, 0) is 0 Å². The van der Waals surface area contributed by atoms with E-state index in [2.05, 4.69) is 29.0 Å². The Morgan fingerprint density at radius 1 is 1.20 bits per heavy atom. The standard InChI is InChI=1S/C19H38N4O.HI/c1-3-7-17(9-13-24)14-21-19(20-4-2)23-12-8-18(16-23)15-22-10-5-6-11-22;/h17-18,24H,3-16H2,1-2H3,(H,20,21);1H. The summed E-state index contributed by atoms with van der Waals surface area (Å²) >= 11 is 0. The zero-order valence-electron chi connectivity index (χ0n) is 16.3. The molecule has 148 valence electrons. The van der Waals surface area contributed by atoms with Gasteiger partial charge in [-0.2, -0.15) is 0 Å². The number of likely N-dealkylation sites (tertiary alicyclic amines) is 2. The fraction of sp³-hybridized carbons (Fsp3) is 0.947. The largest absolute Gasteiger partial charge is 0.396 e. The van der Waals surface area contributed by atoms with Gasteiger partial charge in [0, 0.05) is 39.3 Å². The molecule has 0 amide bonds. The summed E-state index contributed by atoms with van der Waals surface area (Å²) in [5.74, 6) is 2.38. The summed E-state index contributed by atoms with van der Waals surface area (Å²) < 4.78 is 0. The Labute approximate surface area is 171 Å². The molecule has 2 fully saturated rings. The molecule has 5 nitrogen and oxygen atoms in total. The predicted molar refractivity (Wildman–Crippen MR) is 117 cm³/mol. The van der Waals surface area contributed by atoms with E-state index in [9.17, 15) is 5.11 Å². The summed E-state index contributed by atoms with van der Waals surface area (Å²) in [6, 6.07) is 0. The van der Waals surface area contributed by atoms with E-state index in [0.717, 1.165) is 50.9 Å². The first-order valence-corrected chi connectivity index (χ1v) is 10.1. The van der Waals surface area contributed by atoms with Gasteiger partial charge in [0.25, 0.3) is 0 Å². The summed E-state index contributed by atoms with van der Waals surface area (Å²) in [4.78, 5) is 9.99. The van der Waals surface area contributed by atoms with Crippen LogP contribution in [0.1, 0.15) is 52.4 Å². The van der Waals surface area contributed by atoms with Crippen molar-refractivity contribution in [3.8, 4) is 0 Å². The van der Waals surface area contributed by atoms with Gasteiger partial charge in [-0.15, -0.1) is 24.0 Å². The molecule has 2 aliphatic rings. The average Bonchev–Trinajstić information content (AvgIpc) is 3.24. The van der Waals surface area contributed by atoms with Crippen LogP contribution in [0.4, 0.5) is 0 Å². The van der Waals surface area contributed by atoms with Crippen LogP contribution in [0.5, 0.6) is 0 Å². The Hall–Kier alpha value is -0.0800. The van der Waals surface area contributed by atoms with Crippen molar-refractivity contribution >= 4 is 29.9 Å². The lowest BCUT2D eigenvalue weighted by molar-refractivity contribution is 0.253. The van der Waals surface area contributed by atoms with Crippen LogP contribution in [0, 0.1) is 11.8 Å². The molecule has 2 saturated heterocycles. The topological polar surface area (TPSA) is 51.1 Å². The van der Waals surface area contributed by atoms with Crippen molar-refractivity contribution in [1.82, 2.24) is 15.1 Å². The van der Waals surface area contributed by atoms with Gasteiger partial charge in [-0.1, -0.05) is 13.3 Å². The number of guanidine groups is 1. The highest BCUT2D eigenvalue weighted by atomic mass is 127. The van der Waals surface area contributed by atoms with Crippen molar-refractivity contribution in [3.05, 3.63) is 0 Å². The van der Waals surface area contributed by atoms with Gasteiger partial charge in [0.1, 0.15) is 0 Å². The highest BCUT2D eigenvalue weighted by molar-refractivity contribution is 14.0. The van der Waals surface area contributed by atoms with Gasteiger partial charge in [-0.25, -0.2) is 0 Å². The molecule has 6 heteroatoms. The third-order valence-electron chi connectivity index (χ3n) is 5.37. The predicted octanol–water partition coefficient (Wildman–Crippen LogP) is 2.79. The second kappa shape index (κ2) is 13.1. The first-order valence-electron chi connectivity index (χ1n) is 10.1. The minimum Gasteiger partial charge on any atom is -0.396 e. The van der Waals surface area contributed by atoms with Gasteiger partial charge in [0.05, 0.1) is 0 Å². The lowest BCUT2D eigenvalue weighted by Gasteiger charge is -2.24. The van der Waals surface area contributed by atoms with Gasteiger partial charge in [-0.05, 0) is 64.0 Å². The molecular weight excluding hydrogens is 427 g/mol. The van der Waals surface area contributed by atoms with E-state index in [-0.39, 0.29) is 30.6 Å². The molecule has 0 bridgehead atoms. The zero-order valence-corrected chi connectivity index (χ0v) is 18.6. The number of aliphatic hydroxyl groups is 1. The minimum atomic E-state index is 0. The first kappa shape index (κ1) is 23.0. The molecule has 0 aromatic carbocycles. The highest BCUT2D eigenvalue weighted by Gasteiger charge is 2.27. The second-order valence-corrected chi connectivity index (χ2v) is 7.47. The molecule has 0 spiro atoms. The lowest BCUT2D eigenvalue weighted by atomic mass is 10.0. The van der Waals surface area contributed by atoms with Gasteiger partial charge in [-0.3, -0.25) is 4.99 Å². The van der Waals surface area contributed by atoms with E-state index in [1.165, 1.54) is 45.3 Å². The van der Waals surface area contributed by atoms with Gasteiger partial charge < -0.3 is 20.2 Å². The molecule has 25 heavy (non-hydrogen) atoms. The molecule has 2 aliphatic heterocycles. The number of nitrogens with one attached hydrogen (secondary N) is 1. The van der Waals surface area contributed by atoms with Crippen molar-refractivity contribution in [2.24, 2.45) is 16.8 Å². The zero-order chi connectivity index (χ0) is 17.2. The SMILES string of the molecule is CCCC(CCO)CN=C(NCC)N1CCC(CN2CCCC2)C1.I. The van der Waals surface area contributed by atoms with Crippen molar-refractivity contribution in [3.63, 3.8) is 0 Å². The fourth-order valence-electron chi connectivity index (χ4n) is 4.06. The van der Waals surface area contributed by atoms with Gasteiger partial charge in [0.2, 0.25) is 0 Å². The van der Waals surface area contributed by atoms with Crippen LogP contribution in [0.15, 0.2) is 4.99 Å². The molecule has 0 saturated carbocycles. The number of hydrogen-bond acceptors (Lipinski definition) is 3. The average molecular weight is 466 g/mol. The highest BCUT2D eigenvalue weighted by Crippen LogP contribution is 2.20. The summed E-state index contributed by atoms with van der Waals surface area (Å²) in [6.07, 6.45) is 7.23. The Morgan fingerprint density at radius 3 is 2.60 bits per heavy atom. The summed E-state index contributed by atoms with van der Waals surface area (Å²) in [7, 11) is 0. The first-order chi connectivity index (χ1) is 11.8. The maximum Gasteiger partial charge on any atom is 0.193 e. The maximum absolute atomic E-state index is 9.23. The van der Waals surface area contributed by atoms with Crippen molar-refractivity contribution in [1.29, 1.82) is 0 Å². The Bertz CT molecular complexity index is 368. The fourth-order valence-corrected chi connectivity index (χ4v) is 4.06. The third-order valence-corrected chi connectivity index (χ3v) is 5.37. The monoisotopic (exact) mass is 466 g/mol. The number of aliphatic imine (C=N–C) groups is 1.